The molecule has 4 aromatic rings. The number of hydrogen-bond acceptors (Lipinski definition) is 6. The van der Waals surface area contributed by atoms with Gasteiger partial charge in [-0.3, -0.25) is 15.0 Å². The van der Waals surface area contributed by atoms with Gasteiger partial charge in [0.2, 0.25) is 21.8 Å². The van der Waals surface area contributed by atoms with Crippen LogP contribution in [0.3, 0.4) is 0 Å². The van der Waals surface area contributed by atoms with Crippen LogP contribution in [0.5, 0.6) is 0 Å². The van der Waals surface area contributed by atoms with Gasteiger partial charge in [0.1, 0.15) is 18.4 Å². The Morgan fingerprint density at radius 2 is 1.58 bits per heavy atom. The number of fused-ring (bicyclic) bond motifs is 1. The summed E-state index contributed by atoms with van der Waals surface area (Å²) in [5, 5.41) is 10.4. The molecule has 43 heavy (non-hydrogen) atoms. The van der Waals surface area contributed by atoms with Crippen molar-refractivity contribution in [1.29, 1.82) is 5.41 Å². The number of nitrogens with zero attached hydrogens (tertiary/aromatic N) is 1. The van der Waals surface area contributed by atoms with Crippen LogP contribution in [0, 0.1) is 5.41 Å². The Morgan fingerprint density at radius 1 is 0.907 bits per heavy atom. The Kier molecular flexibility index (Phi) is 9.24. The number of sulfonamides is 1. The molecule has 0 unspecified atom stereocenters. The molecule has 2 amide bonds. The van der Waals surface area contributed by atoms with Crippen molar-refractivity contribution in [3.8, 4) is 11.1 Å². The number of amides is 2. The molecule has 5 N–H and O–H groups in total. The second-order valence-electron chi connectivity index (χ2n) is 10.1. The Bertz CT molecular complexity index is 1730. The van der Waals surface area contributed by atoms with Gasteiger partial charge in [0, 0.05) is 22.8 Å². The van der Waals surface area contributed by atoms with Gasteiger partial charge in [-0.15, -0.1) is 11.8 Å². The van der Waals surface area contributed by atoms with E-state index in [2.05, 4.69) is 10.0 Å². The maximum absolute atomic E-state index is 14.0. The summed E-state index contributed by atoms with van der Waals surface area (Å²) in [6, 6.07) is 30.0. The summed E-state index contributed by atoms with van der Waals surface area (Å²) < 4.78 is 28.8. The van der Waals surface area contributed by atoms with Crippen molar-refractivity contribution in [2.24, 2.45) is 5.73 Å². The van der Waals surface area contributed by atoms with Gasteiger partial charge in [-0.05, 0) is 34.4 Å². The summed E-state index contributed by atoms with van der Waals surface area (Å²) in [5.41, 5.74) is 9.86. The fourth-order valence-electron chi connectivity index (χ4n) is 4.71. The van der Waals surface area contributed by atoms with Crippen LogP contribution in [-0.4, -0.2) is 44.4 Å². The van der Waals surface area contributed by atoms with Gasteiger partial charge < -0.3 is 16.0 Å². The van der Waals surface area contributed by atoms with Gasteiger partial charge in [0.15, 0.2) is 0 Å². The summed E-state index contributed by atoms with van der Waals surface area (Å²) in [7, 11) is -3.87. The molecule has 4 aromatic carbocycles. The molecule has 0 spiro atoms. The maximum Gasteiger partial charge on any atom is 0.246 e. The van der Waals surface area contributed by atoms with Crippen molar-refractivity contribution in [1.82, 2.24) is 10.0 Å². The van der Waals surface area contributed by atoms with E-state index in [9.17, 15) is 18.0 Å². The van der Waals surface area contributed by atoms with Crippen LogP contribution in [0.25, 0.3) is 11.1 Å². The lowest BCUT2D eigenvalue weighted by atomic mass is 10.0. The van der Waals surface area contributed by atoms with Crippen LogP contribution in [0.1, 0.15) is 16.7 Å². The zero-order chi connectivity index (χ0) is 30.4. The monoisotopic (exact) mass is 613 g/mol. The van der Waals surface area contributed by atoms with E-state index in [-0.39, 0.29) is 30.4 Å². The topological polar surface area (TPSA) is 145 Å². The van der Waals surface area contributed by atoms with Gasteiger partial charge in [-0.25, -0.2) is 13.1 Å². The lowest BCUT2D eigenvalue weighted by Crippen LogP contribution is -2.51. The Balaban J connectivity index is 1.39. The number of nitrogens with two attached hydrogens (primary N) is 1. The fourth-order valence-corrected chi connectivity index (χ4v) is 7.20. The molecule has 0 saturated heterocycles. The second-order valence-corrected chi connectivity index (χ2v) is 12.9. The van der Waals surface area contributed by atoms with Crippen LogP contribution in [-0.2, 0) is 31.9 Å². The first-order valence-corrected chi connectivity index (χ1v) is 16.2. The molecule has 9 nitrogen and oxygen atoms in total. The third kappa shape index (κ3) is 7.69. The number of carbonyl (C=O) groups is 2. The first-order chi connectivity index (χ1) is 20.7. The Labute approximate surface area is 255 Å². The van der Waals surface area contributed by atoms with E-state index in [1.54, 1.807) is 54.6 Å². The minimum atomic E-state index is -3.87. The number of rotatable bonds is 10. The van der Waals surface area contributed by atoms with Crippen LogP contribution in [0.4, 0.5) is 5.69 Å². The highest BCUT2D eigenvalue weighted by molar-refractivity contribution is 7.99. The number of anilines is 1. The van der Waals surface area contributed by atoms with Gasteiger partial charge in [-0.1, -0.05) is 91.0 Å². The van der Waals surface area contributed by atoms with Crippen LogP contribution < -0.4 is 20.7 Å². The molecule has 1 atom stereocenters. The average molecular weight is 614 g/mol. The number of thioether (sulfide) groups is 1. The number of nitrogen functional groups attached to an aromatic ring is 1. The zero-order valence-electron chi connectivity index (χ0n) is 23.2. The Hall–Kier alpha value is -4.45. The quantitative estimate of drug-likeness (QED) is 0.158. The minimum Gasteiger partial charge on any atom is -0.384 e. The molecule has 0 bridgehead atoms. The molecular weight excluding hydrogens is 583 g/mol. The largest absolute Gasteiger partial charge is 0.384 e. The summed E-state index contributed by atoms with van der Waals surface area (Å²) in [6.45, 7) is -0.0923. The van der Waals surface area contributed by atoms with Crippen LogP contribution in [0.2, 0.25) is 0 Å². The third-order valence-electron chi connectivity index (χ3n) is 6.90. The molecule has 1 heterocycles. The number of carbonyl (C=O) groups excluding carboxylic acids is 2. The highest BCUT2D eigenvalue weighted by Crippen LogP contribution is 2.37. The number of benzene rings is 4. The van der Waals surface area contributed by atoms with Gasteiger partial charge in [-0.2, -0.15) is 0 Å². The number of hydrogen-bond donors (Lipinski definition) is 4. The molecule has 0 fully saturated rings. The van der Waals surface area contributed by atoms with E-state index < -0.39 is 27.9 Å². The number of nitrogens with one attached hydrogen (secondary N) is 3. The standard InChI is InChI=1S/C32H31N5O4S2/c33-31(34)25-13-11-22(12-14-25)18-35-30(38)19-37-28-17-26(24-9-5-2-6-10-24)15-16-29(28)42-20-27(32(37)39)36-43(40,41)21-23-7-3-1-4-8-23/h1-17,27,36H,18-21H2,(H3,33,34)(H,35,38)/t27-/m1/s1. The van der Waals surface area contributed by atoms with E-state index >= 15 is 0 Å². The van der Waals surface area contributed by atoms with E-state index in [0.717, 1.165) is 21.6 Å². The smallest absolute Gasteiger partial charge is 0.246 e. The van der Waals surface area contributed by atoms with Crippen LogP contribution in [0.15, 0.2) is 108 Å². The molecule has 0 aliphatic carbocycles. The number of amidine groups is 1. The van der Waals surface area contributed by atoms with Crippen molar-refractivity contribution in [3.63, 3.8) is 0 Å². The van der Waals surface area contributed by atoms with E-state index in [1.807, 2.05) is 48.5 Å². The maximum atomic E-state index is 14.0. The zero-order valence-corrected chi connectivity index (χ0v) is 24.8. The summed E-state index contributed by atoms with van der Waals surface area (Å²) in [4.78, 5) is 29.3. The third-order valence-corrected chi connectivity index (χ3v) is 9.42. The SMILES string of the molecule is N=C(N)c1ccc(CNC(=O)CN2C(=O)[C@H](NS(=O)(=O)Cc3ccccc3)CSc3ccc(-c4ccccc4)cc32)cc1. The molecule has 1 aliphatic heterocycles. The summed E-state index contributed by atoms with van der Waals surface area (Å²) in [5.74, 6) is -1.05. The van der Waals surface area contributed by atoms with E-state index in [0.29, 0.717) is 16.8 Å². The van der Waals surface area contributed by atoms with Gasteiger partial charge in [0.05, 0.1) is 11.4 Å². The van der Waals surface area contributed by atoms with Crippen molar-refractivity contribution < 1.29 is 18.0 Å². The van der Waals surface area contributed by atoms with Crippen molar-refractivity contribution in [2.45, 2.75) is 23.2 Å². The van der Waals surface area contributed by atoms with Crippen molar-refractivity contribution >= 4 is 45.1 Å². The molecule has 0 saturated carbocycles. The summed E-state index contributed by atoms with van der Waals surface area (Å²) in [6.07, 6.45) is 0. The molecule has 0 radical (unpaired) electrons. The highest BCUT2D eigenvalue weighted by Gasteiger charge is 2.34. The van der Waals surface area contributed by atoms with Gasteiger partial charge in [0.25, 0.3) is 0 Å². The molecule has 220 valence electrons. The highest BCUT2D eigenvalue weighted by atomic mass is 32.2. The first-order valence-electron chi connectivity index (χ1n) is 13.6. The van der Waals surface area contributed by atoms with E-state index in [4.69, 9.17) is 11.1 Å². The molecular formula is C32H31N5O4S2. The predicted octanol–water partition coefficient (Wildman–Crippen LogP) is 3.88. The first kappa shape index (κ1) is 30.0. The second kappa shape index (κ2) is 13.2. The minimum absolute atomic E-state index is 0.0457. The van der Waals surface area contributed by atoms with Gasteiger partial charge >= 0.3 is 0 Å². The molecule has 11 heteroatoms. The fraction of sp³-hybridized carbons (Fsp3) is 0.156. The molecule has 5 rings (SSSR count). The van der Waals surface area contributed by atoms with Crippen molar-refractivity contribution in [2.75, 3.05) is 17.2 Å². The lowest BCUT2D eigenvalue weighted by Gasteiger charge is -2.26. The Morgan fingerprint density at radius 3 is 2.26 bits per heavy atom. The predicted molar refractivity (Wildman–Crippen MR) is 170 cm³/mol. The molecule has 1 aliphatic rings. The van der Waals surface area contributed by atoms with Crippen molar-refractivity contribution in [3.05, 3.63) is 120 Å². The van der Waals surface area contributed by atoms with Crippen LogP contribution >= 0.6 is 11.8 Å². The lowest BCUT2D eigenvalue weighted by molar-refractivity contribution is -0.124. The van der Waals surface area contributed by atoms with E-state index in [1.165, 1.54) is 16.7 Å². The molecule has 0 aromatic heterocycles. The summed E-state index contributed by atoms with van der Waals surface area (Å²) >= 11 is 1.37. The normalized spacial score (nSPS) is 14.9. The average Bonchev–Trinajstić information content (AvgIpc) is 3.12.